The van der Waals surface area contributed by atoms with Crippen molar-refractivity contribution in [3.05, 3.63) is 47.9 Å². The monoisotopic (exact) mass is 352 g/mol. The number of hydrogen-bond acceptors (Lipinski definition) is 5. The van der Waals surface area contributed by atoms with E-state index >= 15 is 0 Å². The SMILES string of the molecule is Cc1c(C(=O)NC(C)(CN)C(C)C)nnn1-c1cccc2ncccc12. The third kappa shape index (κ3) is 3.06. The zero-order valence-electron chi connectivity index (χ0n) is 15.5. The van der Waals surface area contributed by atoms with Gasteiger partial charge in [-0.15, -0.1) is 5.10 Å². The molecule has 0 bridgehead atoms. The van der Waals surface area contributed by atoms with E-state index in [1.807, 2.05) is 58.0 Å². The van der Waals surface area contributed by atoms with Gasteiger partial charge in [0.05, 0.1) is 22.4 Å². The molecule has 136 valence electrons. The topological polar surface area (TPSA) is 98.7 Å². The fraction of sp³-hybridized carbons (Fsp3) is 0.368. The van der Waals surface area contributed by atoms with Crippen molar-refractivity contribution in [1.29, 1.82) is 0 Å². The van der Waals surface area contributed by atoms with Crippen molar-refractivity contribution in [2.45, 2.75) is 33.2 Å². The maximum absolute atomic E-state index is 12.8. The molecule has 1 atom stereocenters. The lowest BCUT2D eigenvalue weighted by Crippen LogP contribution is -2.55. The fourth-order valence-corrected chi connectivity index (χ4v) is 2.79. The Balaban J connectivity index is 1.99. The maximum atomic E-state index is 12.8. The summed E-state index contributed by atoms with van der Waals surface area (Å²) in [6.07, 6.45) is 1.75. The van der Waals surface area contributed by atoms with Gasteiger partial charge in [0.2, 0.25) is 0 Å². The number of carbonyl (C=O) groups excluding carboxylic acids is 1. The van der Waals surface area contributed by atoms with Gasteiger partial charge in [0.25, 0.3) is 5.91 Å². The number of rotatable bonds is 5. The van der Waals surface area contributed by atoms with Crippen LogP contribution in [0.15, 0.2) is 36.5 Å². The molecule has 0 saturated heterocycles. The van der Waals surface area contributed by atoms with E-state index in [9.17, 15) is 4.79 Å². The molecule has 3 rings (SSSR count). The number of nitrogens with two attached hydrogens (primary N) is 1. The summed E-state index contributed by atoms with van der Waals surface area (Å²) < 4.78 is 1.67. The predicted octanol–water partition coefficient (Wildman–Crippen LogP) is 2.23. The highest BCUT2D eigenvalue weighted by atomic mass is 16.2. The molecule has 0 spiro atoms. The van der Waals surface area contributed by atoms with E-state index in [0.717, 1.165) is 16.6 Å². The molecule has 0 aliphatic heterocycles. The number of carbonyl (C=O) groups is 1. The number of nitrogens with zero attached hydrogens (tertiary/aromatic N) is 4. The van der Waals surface area contributed by atoms with E-state index in [1.54, 1.807) is 10.9 Å². The predicted molar refractivity (Wildman–Crippen MR) is 101 cm³/mol. The van der Waals surface area contributed by atoms with Crippen molar-refractivity contribution in [2.24, 2.45) is 11.7 Å². The summed E-state index contributed by atoms with van der Waals surface area (Å²) >= 11 is 0. The van der Waals surface area contributed by atoms with Gasteiger partial charge in [-0.2, -0.15) is 0 Å². The smallest absolute Gasteiger partial charge is 0.274 e. The van der Waals surface area contributed by atoms with Gasteiger partial charge in [0.1, 0.15) is 0 Å². The summed E-state index contributed by atoms with van der Waals surface area (Å²) in [5, 5.41) is 12.3. The van der Waals surface area contributed by atoms with E-state index < -0.39 is 5.54 Å². The van der Waals surface area contributed by atoms with Crippen LogP contribution in [0.5, 0.6) is 0 Å². The molecule has 0 radical (unpaired) electrons. The zero-order valence-corrected chi connectivity index (χ0v) is 15.5. The molecule has 7 heteroatoms. The van der Waals surface area contributed by atoms with E-state index in [2.05, 4.69) is 20.6 Å². The van der Waals surface area contributed by atoms with Crippen molar-refractivity contribution in [3.8, 4) is 5.69 Å². The second kappa shape index (κ2) is 6.84. The molecule has 26 heavy (non-hydrogen) atoms. The molecule has 0 saturated carbocycles. The normalized spacial score (nSPS) is 13.8. The van der Waals surface area contributed by atoms with Gasteiger partial charge >= 0.3 is 0 Å². The first kappa shape index (κ1) is 18.0. The van der Waals surface area contributed by atoms with Crippen LogP contribution in [-0.4, -0.2) is 38.0 Å². The average Bonchev–Trinajstić information content (AvgIpc) is 3.02. The number of pyridine rings is 1. The lowest BCUT2D eigenvalue weighted by molar-refractivity contribution is 0.0877. The summed E-state index contributed by atoms with van der Waals surface area (Å²) in [6.45, 7) is 8.17. The van der Waals surface area contributed by atoms with Crippen molar-refractivity contribution in [3.63, 3.8) is 0 Å². The van der Waals surface area contributed by atoms with Gasteiger partial charge in [0.15, 0.2) is 5.69 Å². The summed E-state index contributed by atoms with van der Waals surface area (Å²) in [7, 11) is 0. The Kier molecular flexibility index (Phi) is 4.73. The highest BCUT2D eigenvalue weighted by Gasteiger charge is 2.31. The van der Waals surface area contributed by atoms with E-state index in [1.165, 1.54) is 0 Å². The standard InChI is InChI=1S/C19H24N6O/c1-12(2)19(4,11-20)22-18(26)17-13(3)25(24-23-17)16-9-5-8-15-14(16)7-6-10-21-15/h5-10,12H,11,20H2,1-4H3,(H,22,26). The minimum absolute atomic E-state index is 0.191. The summed E-state index contributed by atoms with van der Waals surface area (Å²) in [6, 6.07) is 9.64. The Morgan fingerprint density at radius 1 is 1.31 bits per heavy atom. The summed E-state index contributed by atoms with van der Waals surface area (Å²) in [4.78, 5) is 17.1. The van der Waals surface area contributed by atoms with Gasteiger partial charge in [0, 0.05) is 18.1 Å². The molecule has 7 nitrogen and oxygen atoms in total. The maximum Gasteiger partial charge on any atom is 0.274 e. The first-order chi connectivity index (χ1) is 12.4. The van der Waals surface area contributed by atoms with E-state index in [0.29, 0.717) is 17.9 Å². The van der Waals surface area contributed by atoms with Crippen molar-refractivity contribution < 1.29 is 4.79 Å². The molecule has 3 N–H and O–H groups in total. The number of fused-ring (bicyclic) bond motifs is 1. The van der Waals surface area contributed by atoms with Crippen molar-refractivity contribution in [1.82, 2.24) is 25.3 Å². The molecule has 2 heterocycles. The number of amides is 1. The number of benzene rings is 1. The van der Waals surface area contributed by atoms with Crippen LogP contribution in [0, 0.1) is 12.8 Å². The molecule has 1 amide bonds. The molecule has 0 fully saturated rings. The Morgan fingerprint density at radius 3 is 2.77 bits per heavy atom. The van der Waals surface area contributed by atoms with E-state index in [4.69, 9.17) is 5.73 Å². The first-order valence-electron chi connectivity index (χ1n) is 8.66. The minimum Gasteiger partial charge on any atom is -0.344 e. The molecule has 3 aromatic rings. The first-order valence-corrected chi connectivity index (χ1v) is 8.66. The Hall–Kier alpha value is -2.80. The highest BCUT2D eigenvalue weighted by Crippen LogP contribution is 2.22. The van der Waals surface area contributed by atoms with Crippen LogP contribution in [0.1, 0.15) is 37.0 Å². The second-order valence-corrected chi connectivity index (χ2v) is 7.01. The molecule has 1 aromatic carbocycles. The third-order valence-corrected chi connectivity index (χ3v) is 5.06. The van der Waals surface area contributed by atoms with Gasteiger partial charge in [-0.05, 0) is 44.0 Å². The van der Waals surface area contributed by atoms with Crippen LogP contribution in [0.3, 0.4) is 0 Å². The number of hydrogen-bond donors (Lipinski definition) is 2. The van der Waals surface area contributed by atoms with Crippen LogP contribution in [0.4, 0.5) is 0 Å². The molecular weight excluding hydrogens is 328 g/mol. The van der Waals surface area contributed by atoms with Gasteiger partial charge in [-0.3, -0.25) is 9.78 Å². The molecule has 0 aliphatic carbocycles. The van der Waals surface area contributed by atoms with Crippen LogP contribution in [-0.2, 0) is 0 Å². The summed E-state index contributed by atoms with van der Waals surface area (Å²) in [5.74, 6) is -0.0790. The lowest BCUT2D eigenvalue weighted by atomic mass is 9.88. The van der Waals surface area contributed by atoms with Gasteiger partial charge < -0.3 is 11.1 Å². The van der Waals surface area contributed by atoms with E-state index in [-0.39, 0.29) is 11.8 Å². The highest BCUT2D eigenvalue weighted by molar-refractivity contribution is 5.94. The van der Waals surface area contributed by atoms with Gasteiger partial charge in [-0.1, -0.05) is 25.1 Å². The minimum atomic E-state index is -0.503. The van der Waals surface area contributed by atoms with Crippen molar-refractivity contribution >= 4 is 16.8 Å². The Labute approximate surface area is 152 Å². The molecule has 2 aromatic heterocycles. The lowest BCUT2D eigenvalue weighted by Gasteiger charge is -2.33. The second-order valence-electron chi connectivity index (χ2n) is 7.01. The van der Waals surface area contributed by atoms with Crippen LogP contribution in [0.2, 0.25) is 0 Å². The average molecular weight is 352 g/mol. The third-order valence-electron chi connectivity index (χ3n) is 5.06. The quantitative estimate of drug-likeness (QED) is 0.733. The molecule has 0 aliphatic rings. The summed E-state index contributed by atoms with van der Waals surface area (Å²) in [5.41, 5.74) is 8.03. The van der Waals surface area contributed by atoms with Crippen molar-refractivity contribution in [2.75, 3.05) is 6.54 Å². The Bertz CT molecular complexity index is 943. The molecule has 1 unspecified atom stereocenters. The molecular formula is C19H24N6O. The van der Waals surface area contributed by atoms with Crippen LogP contribution >= 0.6 is 0 Å². The van der Waals surface area contributed by atoms with Crippen LogP contribution in [0.25, 0.3) is 16.6 Å². The largest absolute Gasteiger partial charge is 0.344 e. The Morgan fingerprint density at radius 2 is 2.08 bits per heavy atom. The zero-order chi connectivity index (χ0) is 18.9. The van der Waals surface area contributed by atoms with Gasteiger partial charge in [-0.25, -0.2) is 4.68 Å². The fourth-order valence-electron chi connectivity index (χ4n) is 2.79. The number of nitrogens with one attached hydrogen (secondary N) is 1. The number of aromatic nitrogens is 4. The van der Waals surface area contributed by atoms with Crippen LogP contribution < -0.4 is 11.1 Å².